The van der Waals surface area contributed by atoms with E-state index in [1.165, 1.54) is 24.1 Å². The maximum atomic E-state index is 12.9. The molecule has 2 aromatic carbocycles. The summed E-state index contributed by atoms with van der Waals surface area (Å²) in [5.74, 6) is 0.504. The second-order valence-corrected chi connectivity index (χ2v) is 4.77. The zero-order valence-corrected chi connectivity index (χ0v) is 10.1. The topological polar surface area (TPSA) is 9.23 Å². The number of rotatable bonds is 3. The summed E-state index contributed by atoms with van der Waals surface area (Å²) in [6.07, 6.45) is 3.22. The zero-order valence-electron chi connectivity index (χ0n) is 10.1. The van der Waals surface area contributed by atoms with Gasteiger partial charge in [0.25, 0.3) is 0 Å². The quantitative estimate of drug-likeness (QED) is 0.780. The summed E-state index contributed by atoms with van der Waals surface area (Å²) in [6, 6.07) is 16.5. The SMILES string of the molecule is Fc1ccc(OC2(c3ccccc3)CCC2)cc1. The van der Waals surface area contributed by atoms with Crippen molar-refractivity contribution in [1.82, 2.24) is 0 Å². The van der Waals surface area contributed by atoms with E-state index in [1.54, 1.807) is 12.1 Å². The summed E-state index contributed by atoms with van der Waals surface area (Å²) in [7, 11) is 0. The highest BCUT2D eigenvalue weighted by Crippen LogP contribution is 2.44. The molecule has 0 atom stereocenters. The largest absolute Gasteiger partial charge is 0.483 e. The van der Waals surface area contributed by atoms with Crippen molar-refractivity contribution in [3.05, 3.63) is 66.0 Å². The van der Waals surface area contributed by atoms with Gasteiger partial charge in [-0.25, -0.2) is 4.39 Å². The third kappa shape index (κ3) is 1.99. The summed E-state index contributed by atoms with van der Waals surface area (Å²) in [5.41, 5.74) is 1.000. The molecule has 0 aliphatic heterocycles. The predicted molar refractivity (Wildman–Crippen MR) is 69.0 cm³/mol. The van der Waals surface area contributed by atoms with Crippen molar-refractivity contribution < 1.29 is 9.13 Å². The van der Waals surface area contributed by atoms with E-state index >= 15 is 0 Å². The van der Waals surface area contributed by atoms with Gasteiger partial charge in [-0.05, 0) is 49.1 Å². The van der Waals surface area contributed by atoms with Crippen molar-refractivity contribution in [3.8, 4) is 5.75 Å². The molecule has 1 aliphatic carbocycles. The fraction of sp³-hybridized carbons (Fsp3) is 0.250. The van der Waals surface area contributed by atoms with Crippen molar-refractivity contribution in [1.29, 1.82) is 0 Å². The lowest BCUT2D eigenvalue weighted by atomic mass is 9.75. The molecule has 0 N–H and O–H groups in total. The van der Waals surface area contributed by atoms with Crippen LogP contribution in [-0.2, 0) is 5.60 Å². The van der Waals surface area contributed by atoms with Gasteiger partial charge in [0.2, 0.25) is 0 Å². The number of hydrogen-bond acceptors (Lipinski definition) is 1. The highest BCUT2D eigenvalue weighted by molar-refractivity contribution is 5.30. The summed E-state index contributed by atoms with van der Waals surface area (Å²) in [6.45, 7) is 0. The summed E-state index contributed by atoms with van der Waals surface area (Å²) >= 11 is 0. The molecule has 1 saturated carbocycles. The molecule has 0 aromatic heterocycles. The molecule has 3 rings (SSSR count). The molecule has 1 fully saturated rings. The van der Waals surface area contributed by atoms with Crippen LogP contribution in [0.2, 0.25) is 0 Å². The molecule has 2 heteroatoms. The first-order valence-electron chi connectivity index (χ1n) is 6.29. The van der Waals surface area contributed by atoms with Crippen LogP contribution in [0.1, 0.15) is 24.8 Å². The Labute approximate surface area is 106 Å². The lowest BCUT2D eigenvalue weighted by Gasteiger charge is -2.42. The van der Waals surface area contributed by atoms with E-state index in [0.717, 1.165) is 18.6 Å². The monoisotopic (exact) mass is 242 g/mol. The van der Waals surface area contributed by atoms with Crippen LogP contribution in [0.25, 0.3) is 0 Å². The van der Waals surface area contributed by atoms with E-state index in [4.69, 9.17) is 4.74 Å². The molecule has 18 heavy (non-hydrogen) atoms. The fourth-order valence-corrected chi connectivity index (χ4v) is 2.42. The third-order valence-electron chi connectivity index (χ3n) is 3.59. The molecule has 0 radical (unpaired) electrons. The Kier molecular flexibility index (Phi) is 2.78. The van der Waals surface area contributed by atoms with E-state index < -0.39 is 0 Å². The van der Waals surface area contributed by atoms with Crippen molar-refractivity contribution in [3.63, 3.8) is 0 Å². The molecular weight excluding hydrogens is 227 g/mol. The van der Waals surface area contributed by atoms with Gasteiger partial charge < -0.3 is 4.74 Å². The Morgan fingerprint density at radius 2 is 1.56 bits per heavy atom. The maximum Gasteiger partial charge on any atom is 0.134 e. The Morgan fingerprint density at radius 1 is 0.889 bits per heavy atom. The lowest BCUT2D eigenvalue weighted by molar-refractivity contribution is -0.0122. The fourth-order valence-electron chi connectivity index (χ4n) is 2.42. The van der Waals surface area contributed by atoms with Crippen LogP contribution in [0, 0.1) is 5.82 Å². The number of ether oxygens (including phenoxy) is 1. The average molecular weight is 242 g/mol. The summed E-state index contributed by atoms with van der Waals surface area (Å²) < 4.78 is 19.0. The molecule has 0 saturated heterocycles. The van der Waals surface area contributed by atoms with E-state index in [9.17, 15) is 4.39 Å². The minimum absolute atomic E-state index is 0.209. The van der Waals surface area contributed by atoms with Crippen LogP contribution in [0.3, 0.4) is 0 Å². The van der Waals surface area contributed by atoms with E-state index in [1.807, 2.05) is 18.2 Å². The molecule has 92 valence electrons. The second kappa shape index (κ2) is 4.45. The first-order valence-corrected chi connectivity index (χ1v) is 6.29. The minimum atomic E-state index is -0.232. The molecule has 0 spiro atoms. The van der Waals surface area contributed by atoms with Crippen LogP contribution in [0.5, 0.6) is 5.75 Å². The molecule has 1 nitrogen and oxygen atoms in total. The third-order valence-corrected chi connectivity index (χ3v) is 3.59. The minimum Gasteiger partial charge on any atom is -0.483 e. The Morgan fingerprint density at radius 3 is 2.11 bits per heavy atom. The highest BCUT2D eigenvalue weighted by Gasteiger charge is 2.40. The van der Waals surface area contributed by atoms with Gasteiger partial charge in [-0.1, -0.05) is 30.3 Å². The summed E-state index contributed by atoms with van der Waals surface area (Å²) in [4.78, 5) is 0. The van der Waals surface area contributed by atoms with Crippen molar-refractivity contribution in [2.45, 2.75) is 24.9 Å². The summed E-state index contributed by atoms with van der Waals surface area (Å²) in [5, 5.41) is 0. The molecule has 1 aliphatic rings. The van der Waals surface area contributed by atoms with E-state index in [2.05, 4.69) is 12.1 Å². The average Bonchev–Trinajstić information content (AvgIpc) is 2.37. The number of halogens is 1. The van der Waals surface area contributed by atoms with E-state index in [-0.39, 0.29) is 11.4 Å². The Hall–Kier alpha value is -1.83. The van der Waals surface area contributed by atoms with Crippen molar-refractivity contribution in [2.75, 3.05) is 0 Å². The van der Waals surface area contributed by atoms with Crippen LogP contribution in [0.15, 0.2) is 54.6 Å². The molecule has 0 amide bonds. The van der Waals surface area contributed by atoms with Crippen molar-refractivity contribution in [2.24, 2.45) is 0 Å². The zero-order chi connectivity index (χ0) is 12.4. The van der Waals surface area contributed by atoms with Crippen LogP contribution < -0.4 is 4.74 Å². The number of benzene rings is 2. The van der Waals surface area contributed by atoms with Crippen LogP contribution in [-0.4, -0.2) is 0 Å². The van der Waals surface area contributed by atoms with Gasteiger partial charge in [0.05, 0.1) is 0 Å². The number of hydrogen-bond donors (Lipinski definition) is 0. The van der Waals surface area contributed by atoms with E-state index in [0.29, 0.717) is 0 Å². The van der Waals surface area contributed by atoms with Gasteiger partial charge in [-0.3, -0.25) is 0 Å². The van der Waals surface area contributed by atoms with Crippen LogP contribution in [0.4, 0.5) is 4.39 Å². The first-order chi connectivity index (χ1) is 8.78. The molecular formula is C16H15FO. The molecule has 2 aromatic rings. The molecule has 0 bridgehead atoms. The smallest absolute Gasteiger partial charge is 0.134 e. The van der Waals surface area contributed by atoms with Gasteiger partial charge in [0.1, 0.15) is 17.2 Å². The lowest BCUT2D eigenvalue weighted by Crippen LogP contribution is -2.40. The normalized spacial score (nSPS) is 16.9. The van der Waals surface area contributed by atoms with Gasteiger partial charge in [0, 0.05) is 0 Å². The maximum absolute atomic E-state index is 12.9. The van der Waals surface area contributed by atoms with Gasteiger partial charge in [-0.2, -0.15) is 0 Å². The second-order valence-electron chi connectivity index (χ2n) is 4.77. The molecule has 0 heterocycles. The van der Waals surface area contributed by atoms with Crippen molar-refractivity contribution >= 4 is 0 Å². The standard InChI is InChI=1S/C16H15FO/c17-14-7-9-15(10-8-14)18-16(11-4-12-16)13-5-2-1-3-6-13/h1-3,5-10H,4,11-12H2. The Balaban J connectivity index is 1.87. The van der Waals surface area contributed by atoms with Crippen LogP contribution >= 0.6 is 0 Å². The first kappa shape index (κ1) is 11.3. The van der Waals surface area contributed by atoms with Gasteiger partial charge >= 0.3 is 0 Å². The van der Waals surface area contributed by atoms with Gasteiger partial charge in [-0.15, -0.1) is 0 Å². The Bertz CT molecular complexity index is 515. The molecule has 0 unspecified atom stereocenters. The highest BCUT2D eigenvalue weighted by atomic mass is 19.1. The predicted octanol–water partition coefficient (Wildman–Crippen LogP) is 4.28. The van der Waals surface area contributed by atoms with Gasteiger partial charge in [0.15, 0.2) is 0 Å².